The number of rotatable bonds is 7. The number of alkyl halides is 3. The maximum Gasteiger partial charge on any atom is 0.446 e. The second-order valence-corrected chi connectivity index (χ2v) is 5.78. The van der Waals surface area contributed by atoms with Crippen LogP contribution in [0.4, 0.5) is 13.2 Å². The Hall–Kier alpha value is -1.25. The second-order valence-electron chi connectivity index (χ2n) is 4.65. The molecule has 0 aliphatic rings. The molecule has 0 amide bonds. The standard InChI is InChI=1S/C13H17F3N2O2S/c1-18(2)8-7-17-11(12(19)20)9-3-5-10(6-4-9)21-13(14,15)16/h3-6,11,17H,7-8H2,1-2H3,(H,19,20). The van der Waals surface area contributed by atoms with Gasteiger partial charge in [-0.1, -0.05) is 12.1 Å². The van der Waals surface area contributed by atoms with Crippen molar-refractivity contribution in [2.45, 2.75) is 16.4 Å². The molecule has 1 rings (SSSR count). The highest BCUT2D eigenvalue weighted by Crippen LogP contribution is 2.37. The number of carboxylic acids is 1. The van der Waals surface area contributed by atoms with Gasteiger partial charge in [-0.15, -0.1) is 0 Å². The molecular weight excluding hydrogens is 305 g/mol. The molecule has 4 nitrogen and oxygen atoms in total. The smallest absolute Gasteiger partial charge is 0.446 e. The molecule has 0 aliphatic heterocycles. The topological polar surface area (TPSA) is 52.6 Å². The third-order valence-corrected chi connectivity index (χ3v) is 3.34. The van der Waals surface area contributed by atoms with E-state index in [1.165, 1.54) is 24.3 Å². The van der Waals surface area contributed by atoms with Crippen LogP contribution in [0.1, 0.15) is 11.6 Å². The summed E-state index contributed by atoms with van der Waals surface area (Å²) >= 11 is -0.223. The van der Waals surface area contributed by atoms with E-state index in [-0.39, 0.29) is 16.7 Å². The molecule has 0 bridgehead atoms. The van der Waals surface area contributed by atoms with Gasteiger partial charge in [-0.3, -0.25) is 10.1 Å². The van der Waals surface area contributed by atoms with Crippen molar-refractivity contribution in [1.82, 2.24) is 10.2 Å². The van der Waals surface area contributed by atoms with Crippen molar-refractivity contribution in [1.29, 1.82) is 0 Å². The third kappa shape index (κ3) is 6.83. The largest absolute Gasteiger partial charge is 0.480 e. The number of carboxylic acid groups (broad SMARTS) is 1. The molecule has 0 saturated heterocycles. The van der Waals surface area contributed by atoms with Gasteiger partial charge in [0.15, 0.2) is 0 Å². The number of hydrogen-bond donors (Lipinski definition) is 2. The summed E-state index contributed by atoms with van der Waals surface area (Å²) in [5.74, 6) is -1.06. The molecule has 2 N–H and O–H groups in total. The minimum Gasteiger partial charge on any atom is -0.480 e. The van der Waals surface area contributed by atoms with Crippen LogP contribution in [0.3, 0.4) is 0 Å². The highest BCUT2D eigenvalue weighted by molar-refractivity contribution is 8.00. The fourth-order valence-corrected chi connectivity index (χ4v) is 2.18. The highest BCUT2D eigenvalue weighted by Gasteiger charge is 2.29. The maximum atomic E-state index is 12.2. The number of benzene rings is 1. The summed E-state index contributed by atoms with van der Waals surface area (Å²) in [6.07, 6.45) is 0. The average molecular weight is 322 g/mol. The summed E-state index contributed by atoms with van der Waals surface area (Å²) in [5, 5.41) is 12.1. The molecule has 0 saturated carbocycles. The monoisotopic (exact) mass is 322 g/mol. The molecule has 0 heterocycles. The number of aliphatic carboxylic acids is 1. The van der Waals surface area contributed by atoms with E-state index in [1.54, 1.807) is 0 Å². The van der Waals surface area contributed by atoms with Crippen molar-refractivity contribution in [3.05, 3.63) is 29.8 Å². The Bertz CT molecular complexity index is 463. The van der Waals surface area contributed by atoms with Crippen LogP contribution < -0.4 is 5.32 Å². The predicted molar refractivity (Wildman–Crippen MR) is 75.3 cm³/mol. The van der Waals surface area contributed by atoms with Crippen LogP contribution in [-0.4, -0.2) is 48.7 Å². The van der Waals surface area contributed by atoms with E-state index >= 15 is 0 Å². The molecule has 1 aromatic rings. The predicted octanol–water partition coefficient (Wildman–Crippen LogP) is 2.58. The first kappa shape index (κ1) is 17.8. The summed E-state index contributed by atoms with van der Waals surface area (Å²) < 4.78 is 36.7. The van der Waals surface area contributed by atoms with Crippen molar-refractivity contribution >= 4 is 17.7 Å². The van der Waals surface area contributed by atoms with E-state index in [2.05, 4.69) is 5.32 Å². The van der Waals surface area contributed by atoms with Crippen LogP contribution in [0, 0.1) is 0 Å². The summed E-state index contributed by atoms with van der Waals surface area (Å²) in [6, 6.07) is 4.41. The molecule has 8 heteroatoms. The lowest BCUT2D eigenvalue weighted by Gasteiger charge is -2.17. The molecule has 118 valence electrons. The summed E-state index contributed by atoms with van der Waals surface area (Å²) in [7, 11) is 3.72. The molecule has 1 unspecified atom stereocenters. The third-order valence-electron chi connectivity index (χ3n) is 2.60. The van der Waals surface area contributed by atoms with E-state index in [0.717, 1.165) is 0 Å². The van der Waals surface area contributed by atoms with Gasteiger partial charge in [-0.05, 0) is 43.6 Å². The Labute approximate surface area is 125 Å². The Morgan fingerprint density at radius 1 is 1.33 bits per heavy atom. The van der Waals surface area contributed by atoms with E-state index in [0.29, 0.717) is 18.7 Å². The normalized spacial score (nSPS) is 13.4. The van der Waals surface area contributed by atoms with Gasteiger partial charge in [0.2, 0.25) is 0 Å². The molecule has 21 heavy (non-hydrogen) atoms. The van der Waals surface area contributed by atoms with Crippen LogP contribution >= 0.6 is 11.8 Å². The van der Waals surface area contributed by atoms with Crippen molar-refractivity contribution in [2.24, 2.45) is 0 Å². The SMILES string of the molecule is CN(C)CCNC(C(=O)O)c1ccc(SC(F)(F)F)cc1. The molecule has 0 aromatic heterocycles. The minimum absolute atomic E-state index is 0.0312. The van der Waals surface area contributed by atoms with Gasteiger partial charge >= 0.3 is 11.5 Å². The lowest BCUT2D eigenvalue weighted by Crippen LogP contribution is -2.33. The van der Waals surface area contributed by atoms with E-state index < -0.39 is 17.5 Å². The number of thioether (sulfide) groups is 1. The van der Waals surface area contributed by atoms with Crippen molar-refractivity contribution in [3.63, 3.8) is 0 Å². The zero-order chi connectivity index (χ0) is 16.0. The van der Waals surface area contributed by atoms with Gasteiger partial charge in [0.25, 0.3) is 0 Å². The highest BCUT2D eigenvalue weighted by atomic mass is 32.2. The Balaban J connectivity index is 2.73. The van der Waals surface area contributed by atoms with E-state index in [9.17, 15) is 23.1 Å². The van der Waals surface area contributed by atoms with E-state index in [4.69, 9.17) is 0 Å². The number of nitrogens with zero attached hydrogens (tertiary/aromatic N) is 1. The van der Waals surface area contributed by atoms with Crippen LogP contribution in [0.5, 0.6) is 0 Å². The lowest BCUT2D eigenvalue weighted by atomic mass is 10.1. The van der Waals surface area contributed by atoms with Gasteiger partial charge in [-0.25, -0.2) is 0 Å². The number of halogens is 3. The zero-order valence-electron chi connectivity index (χ0n) is 11.6. The molecule has 1 atom stereocenters. The first-order valence-electron chi connectivity index (χ1n) is 6.15. The number of carbonyl (C=O) groups is 1. The Morgan fingerprint density at radius 2 is 1.90 bits per heavy atom. The fourth-order valence-electron chi connectivity index (χ4n) is 1.64. The number of hydrogen-bond acceptors (Lipinski definition) is 4. The van der Waals surface area contributed by atoms with E-state index in [1.807, 2.05) is 19.0 Å². The molecule has 0 aliphatic carbocycles. The van der Waals surface area contributed by atoms with Crippen molar-refractivity contribution in [2.75, 3.05) is 27.2 Å². The maximum absolute atomic E-state index is 12.2. The number of nitrogens with one attached hydrogen (secondary N) is 1. The summed E-state index contributed by atoms with van der Waals surface area (Å²) in [4.78, 5) is 13.2. The molecule has 0 radical (unpaired) electrons. The fraction of sp³-hybridized carbons (Fsp3) is 0.462. The van der Waals surface area contributed by atoms with Gasteiger partial charge in [0, 0.05) is 18.0 Å². The quantitative estimate of drug-likeness (QED) is 0.756. The van der Waals surface area contributed by atoms with Crippen LogP contribution in [0.2, 0.25) is 0 Å². The Morgan fingerprint density at radius 3 is 2.33 bits per heavy atom. The summed E-state index contributed by atoms with van der Waals surface area (Å²) in [5.41, 5.74) is -3.93. The zero-order valence-corrected chi connectivity index (χ0v) is 12.5. The average Bonchev–Trinajstić information content (AvgIpc) is 2.33. The molecule has 0 spiro atoms. The van der Waals surface area contributed by atoms with Crippen LogP contribution in [-0.2, 0) is 4.79 Å². The van der Waals surface area contributed by atoms with Crippen molar-refractivity contribution in [3.8, 4) is 0 Å². The van der Waals surface area contributed by atoms with Gasteiger partial charge in [0.1, 0.15) is 6.04 Å². The first-order valence-corrected chi connectivity index (χ1v) is 6.97. The van der Waals surface area contributed by atoms with Gasteiger partial charge in [-0.2, -0.15) is 13.2 Å². The molecule has 0 fully saturated rings. The van der Waals surface area contributed by atoms with Gasteiger partial charge < -0.3 is 10.0 Å². The first-order chi connectivity index (χ1) is 9.69. The minimum atomic E-state index is -4.35. The molecule has 1 aromatic carbocycles. The Kier molecular flexibility index (Phi) is 6.50. The van der Waals surface area contributed by atoms with Crippen molar-refractivity contribution < 1.29 is 23.1 Å². The van der Waals surface area contributed by atoms with Crippen LogP contribution in [0.25, 0.3) is 0 Å². The van der Waals surface area contributed by atoms with Gasteiger partial charge in [0.05, 0.1) is 0 Å². The lowest BCUT2D eigenvalue weighted by molar-refractivity contribution is -0.139. The molecular formula is C13H17F3N2O2S. The summed E-state index contributed by atoms with van der Waals surface area (Å²) in [6.45, 7) is 1.12. The second kappa shape index (κ2) is 7.67. The number of likely N-dealkylation sites (N-methyl/N-ethyl adjacent to an activating group) is 1. The van der Waals surface area contributed by atoms with Crippen LogP contribution in [0.15, 0.2) is 29.2 Å².